The number of hydrogen-bond acceptors (Lipinski definition) is 3. The molecule has 1 aliphatic rings. The van der Waals surface area contributed by atoms with Crippen molar-refractivity contribution in [1.29, 1.82) is 0 Å². The molecule has 0 saturated heterocycles. The number of carbonyl (C=O) groups excluding carboxylic acids is 1. The van der Waals surface area contributed by atoms with E-state index in [1.807, 2.05) is 0 Å². The lowest BCUT2D eigenvalue weighted by Crippen LogP contribution is -2.61. The topological polar surface area (TPSA) is 55.1 Å². The normalized spacial score (nSPS) is 18.0. The van der Waals surface area contributed by atoms with Crippen LogP contribution in [0.3, 0.4) is 0 Å². The largest absolute Gasteiger partial charge is 0.368 e. The molecule has 1 aromatic carbocycles. The number of amides is 1. The molecule has 3 N–H and O–H groups in total. The lowest BCUT2D eigenvalue weighted by molar-refractivity contribution is -0.124. The van der Waals surface area contributed by atoms with Gasteiger partial charge in [-0.15, -0.1) is 11.8 Å². The molecule has 2 rings (SSSR count). The molecule has 1 amide bonds. The summed E-state index contributed by atoms with van der Waals surface area (Å²) < 4.78 is 0. The minimum Gasteiger partial charge on any atom is -0.368 e. The molecule has 3 nitrogen and oxygen atoms in total. The molecule has 110 valence electrons. The van der Waals surface area contributed by atoms with Gasteiger partial charge < -0.3 is 11.1 Å². The monoisotopic (exact) mass is 292 g/mol. The smallest absolute Gasteiger partial charge is 0.238 e. The third kappa shape index (κ3) is 3.55. The van der Waals surface area contributed by atoms with Crippen LogP contribution in [0, 0.1) is 12.8 Å². The first-order valence-corrected chi connectivity index (χ1v) is 8.19. The van der Waals surface area contributed by atoms with Crippen LogP contribution in [0.15, 0.2) is 29.2 Å². The van der Waals surface area contributed by atoms with Gasteiger partial charge in [0.25, 0.3) is 0 Å². The summed E-state index contributed by atoms with van der Waals surface area (Å²) in [5.41, 5.74) is 6.42. The molecule has 4 heteroatoms. The van der Waals surface area contributed by atoms with Crippen LogP contribution in [-0.2, 0) is 4.79 Å². The second kappa shape index (κ2) is 6.19. The van der Waals surface area contributed by atoms with Gasteiger partial charge in [-0.3, -0.25) is 4.79 Å². The van der Waals surface area contributed by atoms with Crippen LogP contribution in [-0.4, -0.2) is 23.2 Å². The van der Waals surface area contributed by atoms with Crippen molar-refractivity contribution in [3.63, 3.8) is 0 Å². The number of nitrogens with two attached hydrogens (primary N) is 1. The first-order valence-electron chi connectivity index (χ1n) is 7.21. The van der Waals surface area contributed by atoms with E-state index in [0.717, 1.165) is 12.8 Å². The van der Waals surface area contributed by atoms with Gasteiger partial charge in [-0.2, -0.15) is 0 Å². The van der Waals surface area contributed by atoms with Gasteiger partial charge >= 0.3 is 0 Å². The van der Waals surface area contributed by atoms with Gasteiger partial charge in [-0.25, -0.2) is 0 Å². The Morgan fingerprint density at radius 2 is 2.00 bits per heavy atom. The van der Waals surface area contributed by atoms with E-state index in [1.54, 1.807) is 11.8 Å². The summed E-state index contributed by atoms with van der Waals surface area (Å²) in [5, 5.41) is 3.44. The van der Waals surface area contributed by atoms with Gasteiger partial charge in [-0.05, 0) is 51.7 Å². The van der Waals surface area contributed by atoms with Gasteiger partial charge in [0, 0.05) is 16.7 Å². The Kier molecular flexibility index (Phi) is 4.76. The van der Waals surface area contributed by atoms with E-state index in [9.17, 15) is 4.79 Å². The van der Waals surface area contributed by atoms with Crippen molar-refractivity contribution in [3.8, 4) is 0 Å². The van der Waals surface area contributed by atoms with Crippen LogP contribution in [0.4, 0.5) is 0 Å². The predicted molar refractivity (Wildman–Crippen MR) is 84.8 cm³/mol. The fraction of sp³-hybridized carbons (Fsp3) is 0.562. The van der Waals surface area contributed by atoms with Crippen molar-refractivity contribution in [2.45, 2.75) is 50.1 Å². The summed E-state index contributed by atoms with van der Waals surface area (Å²) in [6.07, 6.45) is 2.19. The highest BCUT2D eigenvalue weighted by Gasteiger charge is 2.49. The minimum absolute atomic E-state index is 0.215. The molecule has 1 aliphatic carbocycles. The van der Waals surface area contributed by atoms with E-state index in [1.165, 1.54) is 10.5 Å². The number of aryl methyl sites for hydroxylation is 1. The van der Waals surface area contributed by atoms with Crippen LogP contribution in [0.1, 0.15) is 32.3 Å². The summed E-state index contributed by atoms with van der Waals surface area (Å²) >= 11 is 1.71. The molecule has 0 radical (unpaired) electrons. The molecule has 0 bridgehead atoms. The average molecular weight is 292 g/mol. The van der Waals surface area contributed by atoms with Crippen LogP contribution in [0.2, 0.25) is 0 Å². The van der Waals surface area contributed by atoms with E-state index in [2.05, 4.69) is 50.4 Å². The van der Waals surface area contributed by atoms with Crippen LogP contribution < -0.4 is 11.1 Å². The molecule has 1 aromatic rings. The maximum absolute atomic E-state index is 12.1. The number of primary amides is 1. The average Bonchev–Trinajstić information content (AvgIpc) is 3.20. The number of thioether (sulfide) groups is 1. The molecule has 0 aromatic heterocycles. The Labute approximate surface area is 125 Å². The second-order valence-corrected chi connectivity index (χ2v) is 7.06. The molecule has 1 saturated carbocycles. The maximum Gasteiger partial charge on any atom is 0.238 e. The third-order valence-corrected chi connectivity index (χ3v) is 4.95. The molecule has 1 atom stereocenters. The highest BCUT2D eigenvalue weighted by Crippen LogP contribution is 2.42. The first kappa shape index (κ1) is 15.4. The summed E-state index contributed by atoms with van der Waals surface area (Å²) in [7, 11) is 0. The lowest BCUT2D eigenvalue weighted by Gasteiger charge is -2.33. The number of benzene rings is 1. The Morgan fingerprint density at radius 1 is 1.40 bits per heavy atom. The fourth-order valence-corrected chi connectivity index (χ4v) is 3.73. The summed E-state index contributed by atoms with van der Waals surface area (Å²) in [6, 6.07) is 8.66. The number of carbonyl (C=O) groups is 1. The zero-order valence-corrected chi connectivity index (χ0v) is 13.3. The predicted octanol–water partition coefficient (Wildman–Crippen LogP) is 2.72. The Balaban J connectivity index is 2.11. The summed E-state index contributed by atoms with van der Waals surface area (Å²) in [5.74, 6) is 0.877. The quantitative estimate of drug-likeness (QED) is 0.760. The van der Waals surface area contributed by atoms with Gasteiger partial charge in [0.15, 0.2) is 0 Å². The zero-order chi connectivity index (χ0) is 14.8. The summed E-state index contributed by atoms with van der Waals surface area (Å²) in [4.78, 5) is 13.2. The Bertz CT molecular complexity index is 468. The molecular weight excluding hydrogens is 268 g/mol. The van der Waals surface area contributed by atoms with Gasteiger partial charge in [0.1, 0.15) is 5.54 Å². The molecule has 0 spiro atoms. The maximum atomic E-state index is 12.1. The van der Waals surface area contributed by atoms with Crippen molar-refractivity contribution >= 4 is 17.7 Å². The van der Waals surface area contributed by atoms with Crippen LogP contribution in [0.25, 0.3) is 0 Å². The Hall–Kier alpha value is -1.00. The van der Waals surface area contributed by atoms with Crippen molar-refractivity contribution < 1.29 is 4.79 Å². The molecule has 0 heterocycles. The van der Waals surface area contributed by atoms with E-state index < -0.39 is 5.54 Å². The Morgan fingerprint density at radius 3 is 2.45 bits per heavy atom. The van der Waals surface area contributed by atoms with E-state index in [-0.39, 0.29) is 11.9 Å². The third-order valence-electron chi connectivity index (χ3n) is 3.75. The molecular formula is C16H24N2OS. The van der Waals surface area contributed by atoms with Crippen molar-refractivity contribution in [3.05, 3.63) is 29.8 Å². The number of hydrogen-bond donors (Lipinski definition) is 2. The van der Waals surface area contributed by atoms with Crippen molar-refractivity contribution in [1.82, 2.24) is 5.32 Å². The van der Waals surface area contributed by atoms with Crippen molar-refractivity contribution in [2.24, 2.45) is 11.7 Å². The highest BCUT2D eigenvalue weighted by atomic mass is 32.2. The molecule has 20 heavy (non-hydrogen) atoms. The molecule has 0 aliphatic heterocycles. The standard InChI is InChI=1S/C16H24N2OS/c1-11(2)18-16(15(17)19,13-6-7-13)10-20-14-8-4-12(3)5-9-14/h4-5,8-9,11,13,18H,6-7,10H2,1-3H3,(H2,17,19). The van der Waals surface area contributed by atoms with Gasteiger partial charge in [-0.1, -0.05) is 17.7 Å². The zero-order valence-electron chi connectivity index (χ0n) is 12.5. The fourth-order valence-electron chi connectivity index (χ4n) is 2.54. The van der Waals surface area contributed by atoms with E-state index >= 15 is 0 Å². The minimum atomic E-state index is -0.566. The number of rotatable bonds is 7. The SMILES string of the molecule is Cc1ccc(SCC(NC(C)C)(C(N)=O)C2CC2)cc1. The first-order chi connectivity index (χ1) is 9.44. The lowest BCUT2D eigenvalue weighted by atomic mass is 9.93. The number of nitrogens with one attached hydrogen (secondary N) is 1. The summed E-state index contributed by atoms with van der Waals surface area (Å²) in [6.45, 7) is 6.21. The van der Waals surface area contributed by atoms with E-state index in [4.69, 9.17) is 5.73 Å². The van der Waals surface area contributed by atoms with Crippen LogP contribution >= 0.6 is 11.8 Å². The van der Waals surface area contributed by atoms with Gasteiger partial charge in [0.05, 0.1) is 0 Å². The molecule has 1 fully saturated rings. The van der Waals surface area contributed by atoms with Crippen LogP contribution in [0.5, 0.6) is 0 Å². The van der Waals surface area contributed by atoms with E-state index in [0.29, 0.717) is 11.7 Å². The molecule has 1 unspecified atom stereocenters. The van der Waals surface area contributed by atoms with Crippen molar-refractivity contribution in [2.75, 3.05) is 5.75 Å². The second-order valence-electron chi connectivity index (χ2n) is 6.01. The highest BCUT2D eigenvalue weighted by molar-refractivity contribution is 7.99. The van der Waals surface area contributed by atoms with Gasteiger partial charge in [0.2, 0.25) is 5.91 Å².